The van der Waals surface area contributed by atoms with E-state index >= 15 is 0 Å². The Morgan fingerprint density at radius 2 is 1.85 bits per heavy atom. The van der Waals surface area contributed by atoms with Crippen molar-refractivity contribution in [2.75, 3.05) is 23.7 Å². The van der Waals surface area contributed by atoms with Gasteiger partial charge in [-0.2, -0.15) is 0 Å². The van der Waals surface area contributed by atoms with E-state index in [9.17, 15) is 12.8 Å². The van der Waals surface area contributed by atoms with E-state index in [0.29, 0.717) is 11.5 Å². The van der Waals surface area contributed by atoms with Crippen LogP contribution in [0.4, 0.5) is 15.9 Å². The van der Waals surface area contributed by atoms with E-state index in [4.69, 9.17) is 0 Å². The molecule has 0 radical (unpaired) electrons. The molecule has 0 amide bonds. The van der Waals surface area contributed by atoms with Gasteiger partial charge in [0.15, 0.2) is 5.82 Å². The van der Waals surface area contributed by atoms with Gasteiger partial charge in [-0.3, -0.25) is 4.72 Å². The highest BCUT2D eigenvalue weighted by Crippen LogP contribution is 2.24. The number of pyridine rings is 1. The lowest BCUT2D eigenvalue weighted by atomic mass is 10.3. The fourth-order valence-electron chi connectivity index (χ4n) is 1.70. The highest BCUT2D eigenvalue weighted by Gasteiger charge is 2.20. The SMILES string of the molecule is CN(C)c1ncccc1NS(=O)(=O)c1ccccc1F. The Balaban J connectivity index is 2.42. The standard InChI is InChI=1S/C13H14FN3O2S/c1-17(2)13-11(7-5-9-15-13)16-20(18,19)12-8-4-3-6-10(12)14/h3-9,16H,1-2H3. The van der Waals surface area contributed by atoms with Crippen molar-refractivity contribution in [3.63, 3.8) is 0 Å². The molecule has 1 aromatic heterocycles. The Morgan fingerprint density at radius 3 is 2.50 bits per heavy atom. The summed E-state index contributed by atoms with van der Waals surface area (Å²) in [5.74, 6) is -0.345. The average Bonchev–Trinajstić information content (AvgIpc) is 2.39. The van der Waals surface area contributed by atoms with E-state index in [1.807, 2.05) is 0 Å². The van der Waals surface area contributed by atoms with Crippen molar-refractivity contribution in [2.24, 2.45) is 0 Å². The van der Waals surface area contributed by atoms with Gasteiger partial charge in [-0.1, -0.05) is 12.1 Å². The van der Waals surface area contributed by atoms with Crippen molar-refractivity contribution in [1.82, 2.24) is 4.98 Å². The minimum atomic E-state index is -3.99. The second-order valence-corrected chi connectivity index (χ2v) is 5.96. The molecule has 0 atom stereocenters. The molecule has 2 aromatic rings. The number of hydrogen-bond acceptors (Lipinski definition) is 4. The van der Waals surface area contributed by atoms with Gasteiger partial charge in [0.25, 0.3) is 10.0 Å². The molecule has 0 saturated carbocycles. The van der Waals surface area contributed by atoms with E-state index in [2.05, 4.69) is 9.71 Å². The van der Waals surface area contributed by atoms with Crippen LogP contribution in [0.2, 0.25) is 0 Å². The lowest BCUT2D eigenvalue weighted by molar-refractivity contribution is 0.570. The summed E-state index contributed by atoms with van der Waals surface area (Å²) in [5, 5.41) is 0. The smallest absolute Gasteiger partial charge is 0.264 e. The van der Waals surface area contributed by atoms with Crippen LogP contribution in [0.1, 0.15) is 0 Å². The molecule has 106 valence electrons. The van der Waals surface area contributed by atoms with E-state index in [0.717, 1.165) is 6.07 Å². The fourth-order valence-corrected chi connectivity index (χ4v) is 2.84. The normalized spacial score (nSPS) is 11.2. The van der Waals surface area contributed by atoms with Crippen molar-refractivity contribution in [2.45, 2.75) is 4.90 Å². The number of anilines is 2. The van der Waals surface area contributed by atoms with E-state index in [-0.39, 0.29) is 0 Å². The van der Waals surface area contributed by atoms with Crippen molar-refractivity contribution in [1.29, 1.82) is 0 Å². The van der Waals surface area contributed by atoms with Crippen molar-refractivity contribution < 1.29 is 12.8 Å². The van der Waals surface area contributed by atoms with Gasteiger partial charge in [-0.15, -0.1) is 0 Å². The van der Waals surface area contributed by atoms with Gasteiger partial charge in [0, 0.05) is 20.3 Å². The van der Waals surface area contributed by atoms with Gasteiger partial charge in [0.05, 0.1) is 5.69 Å². The topological polar surface area (TPSA) is 62.3 Å². The molecular weight excluding hydrogens is 281 g/mol. The van der Waals surface area contributed by atoms with Crippen LogP contribution in [-0.4, -0.2) is 27.5 Å². The summed E-state index contributed by atoms with van der Waals surface area (Å²) in [6.07, 6.45) is 1.55. The number of halogens is 1. The van der Waals surface area contributed by atoms with Gasteiger partial charge in [0.1, 0.15) is 10.7 Å². The maximum atomic E-state index is 13.6. The Labute approximate surface area is 117 Å². The van der Waals surface area contributed by atoms with Gasteiger partial charge in [-0.25, -0.2) is 17.8 Å². The molecule has 0 unspecified atom stereocenters. The molecule has 1 aromatic carbocycles. The predicted molar refractivity (Wildman–Crippen MR) is 75.8 cm³/mol. The minimum absolute atomic E-state index is 0.292. The van der Waals surface area contributed by atoms with E-state index < -0.39 is 20.7 Å². The van der Waals surface area contributed by atoms with Crippen molar-refractivity contribution >= 4 is 21.5 Å². The molecule has 0 aliphatic heterocycles. The molecule has 0 aliphatic rings. The van der Waals surface area contributed by atoms with Gasteiger partial charge < -0.3 is 4.90 Å². The van der Waals surface area contributed by atoms with Gasteiger partial charge >= 0.3 is 0 Å². The Kier molecular flexibility index (Phi) is 3.89. The molecule has 1 N–H and O–H groups in total. The lowest BCUT2D eigenvalue weighted by Gasteiger charge is -2.17. The summed E-state index contributed by atoms with van der Waals surface area (Å²) >= 11 is 0. The summed E-state index contributed by atoms with van der Waals surface area (Å²) < 4.78 is 40.4. The summed E-state index contributed by atoms with van der Waals surface area (Å²) in [7, 11) is -0.513. The van der Waals surface area contributed by atoms with Crippen LogP contribution in [0.5, 0.6) is 0 Å². The monoisotopic (exact) mass is 295 g/mol. The molecule has 0 aliphatic carbocycles. The molecular formula is C13H14FN3O2S. The molecule has 0 bridgehead atoms. The first-order valence-corrected chi connectivity index (χ1v) is 7.30. The van der Waals surface area contributed by atoms with Crippen LogP contribution in [0.15, 0.2) is 47.5 Å². The zero-order valence-corrected chi connectivity index (χ0v) is 11.9. The number of nitrogens with one attached hydrogen (secondary N) is 1. The number of nitrogens with zero attached hydrogens (tertiary/aromatic N) is 2. The van der Waals surface area contributed by atoms with Crippen LogP contribution in [0.3, 0.4) is 0 Å². The molecule has 0 fully saturated rings. The average molecular weight is 295 g/mol. The second-order valence-electron chi connectivity index (χ2n) is 4.30. The maximum Gasteiger partial charge on any atom is 0.264 e. The minimum Gasteiger partial charge on any atom is -0.361 e. The molecule has 5 nitrogen and oxygen atoms in total. The summed E-state index contributed by atoms with van der Waals surface area (Å²) in [6, 6.07) is 8.39. The van der Waals surface area contributed by atoms with Crippen LogP contribution >= 0.6 is 0 Å². The molecule has 20 heavy (non-hydrogen) atoms. The molecule has 2 rings (SSSR count). The third kappa shape index (κ3) is 2.88. The molecule has 0 saturated heterocycles. The van der Waals surface area contributed by atoms with E-state index in [1.54, 1.807) is 37.3 Å². The number of hydrogen-bond donors (Lipinski definition) is 1. The van der Waals surface area contributed by atoms with Crippen LogP contribution in [0, 0.1) is 5.82 Å². The van der Waals surface area contributed by atoms with Crippen molar-refractivity contribution in [3.8, 4) is 0 Å². The number of sulfonamides is 1. The van der Waals surface area contributed by atoms with Gasteiger partial charge in [0.2, 0.25) is 0 Å². The maximum absolute atomic E-state index is 13.6. The zero-order valence-electron chi connectivity index (χ0n) is 11.0. The number of rotatable bonds is 4. The van der Waals surface area contributed by atoms with Crippen molar-refractivity contribution in [3.05, 3.63) is 48.4 Å². The molecule has 1 heterocycles. The Bertz CT molecular complexity index is 717. The summed E-state index contributed by atoms with van der Waals surface area (Å²) in [5.41, 5.74) is 0.292. The molecule has 0 spiro atoms. The Morgan fingerprint density at radius 1 is 1.15 bits per heavy atom. The highest BCUT2D eigenvalue weighted by molar-refractivity contribution is 7.92. The molecule has 7 heteroatoms. The highest BCUT2D eigenvalue weighted by atomic mass is 32.2. The van der Waals surface area contributed by atoms with Gasteiger partial charge in [-0.05, 0) is 24.3 Å². The van der Waals surface area contributed by atoms with Crippen LogP contribution in [-0.2, 0) is 10.0 Å². The zero-order chi connectivity index (χ0) is 14.8. The number of aromatic nitrogens is 1. The quantitative estimate of drug-likeness (QED) is 0.938. The lowest BCUT2D eigenvalue weighted by Crippen LogP contribution is -2.18. The van der Waals surface area contributed by atoms with E-state index in [1.165, 1.54) is 18.2 Å². The first kappa shape index (κ1) is 14.3. The first-order chi connectivity index (χ1) is 9.42. The number of benzene rings is 1. The predicted octanol–water partition coefficient (Wildman–Crippen LogP) is 2.09. The second kappa shape index (κ2) is 5.46. The summed E-state index contributed by atoms with van der Waals surface area (Å²) in [4.78, 5) is 5.35. The largest absolute Gasteiger partial charge is 0.361 e. The summed E-state index contributed by atoms with van der Waals surface area (Å²) in [6.45, 7) is 0. The fraction of sp³-hybridized carbons (Fsp3) is 0.154. The van der Waals surface area contributed by atoms with Crippen LogP contribution in [0.25, 0.3) is 0 Å². The Hall–Kier alpha value is -2.15. The third-order valence-electron chi connectivity index (χ3n) is 2.58. The first-order valence-electron chi connectivity index (χ1n) is 5.81. The van der Waals surface area contributed by atoms with Crippen LogP contribution < -0.4 is 9.62 Å². The third-order valence-corrected chi connectivity index (χ3v) is 3.98.